The van der Waals surface area contributed by atoms with Crippen molar-refractivity contribution in [3.63, 3.8) is 0 Å². The first-order valence-electron chi connectivity index (χ1n) is 6.79. The fourth-order valence-electron chi connectivity index (χ4n) is 2.69. The zero-order valence-corrected chi connectivity index (χ0v) is 11.4. The van der Waals surface area contributed by atoms with E-state index in [4.69, 9.17) is 0 Å². The Hall–Kier alpha value is -2.30. The quantitative estimate of drug-likeness (QED) is 0.931. The van der Waals surface area contributed by atoms with Crippen LogP contribution in [-0.2, 0) is 0 Å². The van der Waals surface area contributed by atoms with Crippen molar-refractivity contribution in [2.45, 2.75) is 19.8 Å². The van der Waals surface area contributed by atoms with E-state index in [0.29, 0.717) is 5.69 Å². The van der Waals surface area contributed by atoms with Gasteiger partial charge in [0.15, 0.2) is 5.69 Å². The van der Waals surface area contributed by atoms with Crippen LogP contribution in [0.3, 0.4) is 0 Å². The van der Waals surface area contributed by atoms with Crippen LogP contribution in [0.1, 0.15) is 29.0 Å². The number of hydrogen-bond acceptors (Lipinski definition) is 3. The van der Waals surface area contributed by atoms with Gasteiger partial charge in [-0.3, -0.25) is 4.57 Å². The summed E-state index contributed by atoms with van der Waals surface area (Å²) in [7, 11) is 0. The Labute approximate surface area is 117 Å². The van der Waals surface area contributed by atoms with Crippen LogP contribution in [0, 0.1) is 6.92 Å². The standard InChI is InChI=1S/C15H17N3O2/c1-11-14(15(19)20)18(10-16-11)13-6-4-12(5-7-13)17-8-2-3-9-17/h4-7,10H,2-3,8-9H2,1H3,(H,19,20). The van der Waals surface area contributed by atoms with E-state index in [-0.39, 0.29) is 5.69 Å². The molecule has 2 heterocycles. The Kier molecular flexibility index (Phi) is 3.18. The number of imidazole rings is 1. The number of hydrogen-bond donors (Lipinski definition) is 1. The van der Waals surface area contributed by atoms with Crippen LogP contribution in [0.2, 0.25) is 0 Å². The molecule has 0 unspecified atom stereocenters. The minimum absolute atomic E-state index is 0.221. The van der Waals surface area contributed by atoms with Crippen LogP contribution >= 0.6 is 0 Å². The predicted molar refractivity (Wildman–Crippen MR) is 76.7 cm³/mol. The average molecular weight is 271 g/mol. The highest BCUT2D eigenvalue weighted by Crippen LogP contribution is 2.22. The van der Waals surface area contributed by atoms with Gasteiger partial charge in [-0.25, -0.2) is 9.78 Å². The van der Waals surface area contributed by atoms with Crippen LogP contribution in [0.5, 0.6) is 0 Å². The molecule has 0 amide bonds. The van der Waals surface area contributed by atoms with Crippen molar-refractivity contribution < 1.29 is 9.90 Å². The number of carbonyl (C=O) groups is 1. The van der Waals surface area contributed by atoms with E-state index in [9.17, 15) is 9.90 Å². The summed E-state index contributed by atoms with van der Waals surface area (Å²) >= 11 is 0. The molecular weight excluding hydrogens is 254 g/mol. The van der Waals surface area contributed by atoms with E-state index in [2.05, 4.69) is 9.88 Å². The number of aryl methyl sites for hydroxylation is 1. The van der Waals surface area contributed by atoms with Gasteiger partial charge in [0.2, 0.25) is 0 Å². The first-order chi connectivity index (χ1) is 9.66. The van der Waals surface area contributed by atoms with Gasteiger partial charge in [0.25, 0.3) is 0 Å². The number of rotatable bonds is 3. The minimum atomic E-state index is -0.955. The van der Waals surface area contributed by atoms with Gasteiger partial charge in [0.1, 0.15) is 6.33 Å². The second-order valence-corrected chi connectivity index (χ2v) is 5.06. The first kappa shape index (κ1) is 12.7. The van der Waals surface area contributed by atoms with Gasteiger partial charge in [0, 0.05) is 24.5 Å². The third-order valence-corrected chi connectivity index (χ3v) is 3.75. The third kappa shape index (κ3) is 2.15. The Morgan fingerprint density at radius 2 is 1.75 bits per heavy atom. The van der Waals surface area contributed by atoms with Crippen LogP contribution < -0.4 is 4.90 Å². The molecule has 1 aromatic carbocycles. The van der Waals surface area contributed by atoms with Crippen LogP contribution in [0.15, 0.2) is 30.6 Å². The summed E-state index contributed by atoms with van der Waals surface area (Å²) in [5, 5.41) is 9.25. The summed E-state index contributed by atoms with van der Waals surface area (Å²) in [6.07, 6.45) is 4.04. The molecule has 3 rings (SSSR count). The molecule has 1 fully saturated rings. The molecule has 1 N–H and O–H groups in total. The number of carboxylic acids is 1. The minimum Gasteiger partial charge on any atom is -0.477 e. The topological polar surface area (TPSA) is 58.4 Å². The van der Waals surface area contributed by atoms with E-state index in [0.717, 1.165) is 18.8 Å². The summed E-state index contributed by atoms with van der Waals surface area (Å²) in [6.45, 7) is 3.91. The molecule has 20 heavy (non-hydrogen) atoms. The lowest BCUT2D eigenvalue weighted by molar-refractivity contribution is 0.0687. The summed E-state index contributed by atoms with van der Waals surface area (Å²) in [5.41, 5.74) is 2.77. The largest absolute Gasteiger partial charge is 0.477 e. The van der Waals surface area contributed by atoms with Gasteiger partial charge in [-0.15, -0.1) is 0 Å². The molecule has 2 aromatic rings. The molecule has 1 aromatic heterocycles. The highest BCUT2D eigenvalue weighted by atomic mass is 16.4. The second kappa shape index (κ2) is 5.00. The molecule has 0 spiro atoms. The van der Waals surface area contributed by atoms with Gasteiger partial charge in [-0.05, 0) is 44.0 Å². The van der Waals surface area contributed by atoms with Gasteiger partial charge < -0.3 is 10.0 Å². The lowest BCUT2D eigenvalue weighted by atomic mass is 10.2. The molecule has 0 bridgehead atoms. The SMILES string of the molecule is Cc1ncn(-c2ccc(N3CCCC3)cc2)c1C(=O)O. The zero-order valence-electron chi connectivity index (χ0n) is 11.4. The van der Waals surface area contributed by atoms with Crippen molar-refractivity contribution in [3.05, 3.63) is 42.0 Å². The summed E-state index contributed by atoms with van der Waals surface area (Å²) < 4.78 is 1.62. The number of anilines is 1. The van der Waals surface area contributed by atoms with Gasteiger partial charge in [-0.1, -0.05) is 0 Å². The number of aromatic nitrogens is 2. The summed E-state index contributed by atoms with van der Waals surface area (Å²) in [5.74, 6) is -0.955. The average Bonchev–Trinajstić information content (AvgIpc) is 3.08. The van der Waals surface area contributed by atoms with Crippen LogP contribution in [0.4, 0.5) is 5.69 Å². The van der Waals surface area contributed by atoms with Crippen molar-refractivity contribution in [3.8, 4) is 5.69 Å². The van der Waals surface area contributed by atoms with E-state index in [1.165, 1.54) is 18.5 Å². The lowest BCUT2D eigenvalue weighted by Crippen LogP contribution is -2.17. The highest BCUT2D eigenvalue weighted by Gasteiger charge is 2.16. The normalized spacial score (nSPS) is 14.8. The van der Waals surface area contributed by atoms with Crippen molar-refractivity contribution in [1.82, 2.24) is 9.55 Å². The summed E-state index contributed by atoms with van der Waals surface area (Å²) in [6, 6.07) is 7.98. The molecule has 5 heteroatoms. The van der Waals surface area contributed by atoms with Crippen molar-refractivity contribution in [2.24, 2.45) is 0 Å². The predicted octanol–water partition coefficient (Wildman–Crippen LogP) is 2.48. The van der Waals surface area contributed by atoms with Gasteiger partial charge >= 0.3 is 5.97 Å². The maximum atomic E-state index is 11.3. The zero-order chi connectivity index (χ0) is 14.1. The monoisotopic (exact) mass is 271 g/mol. The van der Waals surface area contributed by atoms with E-state index in [1.54, 1.807) is 17.8 Å². The van der Waals surface area contributed by atoms with Crippen molar-refractivity contribution in [1.29, 1.82) is 0 Å². The molecule has 1 saturated heterocycles. The first-order valence-corrected chi connectivity index (χ1v) is 6.79. The number of nitrogens with zero attached hydrogens (tertiary/aromatic N) is 3. The third-order valence-electron chi connectivity index (χ3n) is 3.75. The number of aromatic carboxylic acids is 1. The van der Waals surface area contributed by atoms with E-state index >= 15 is 0 Å². The second-order valence-electron chi connectivity index (χ2n) is 5.06. The highest BCUT2D eigenvalue weighted by molar-refractivity contribution is 5.87. The molecule has 1 aliphatic heterocycles. The Balaban J connectivity index is 1.93. The van der Waals surface area contributed by atoms with Gasteiger partial charge in [-0.2, -0.15) is 0 Å². The smallest absolute Gasteiger partial charge is 0.354 e. The molecule has 0 saturated carbocycles. The van der Waals surface area contributed by atoms with E-state index in [1.807, 2.05) is 24.3 Å². The van der Waals surface area contributed by atoms with Crippen LogP contribution in [-0.4, -0.2) is 33.7 Å². The maximum absolute atomic E-state index is 11.3. The Bertz CT molecular complexity index is 625. The van der Waals surface area contributed by atoms with Crippen molar-refractivity contribution in [2.75, 3.05) is 18.0 Å². The molecule has 0 radical (unpaired) electrons. The van der Waals surface area contributed by atoms with Crippen LogP contribution in [0.25, 0.3) is 5.69 Å². The fourth-order valence-corrected chi connectivity index (χ4v) is 2.69. The molecule has 5 nitrogen and oxygen atoms in total. The molecule has 1 aliphatic rings. The Morgan fingerprint density at radius 1 is 1.15 bits per heavy atom. The fraction of sp³-hybridized carbons (Fsp3) is 0.333. The Morgan fingerprint density at radius 3 is 2.35 bits per heavy atom. The maximum Gasteiger partial charge on any atom is 0.354 e. The van der Waals surface area contributed by atoms with Gasteiger partial charge in [0.05, 0.1) is 5.69 Å². The molecule has 104 valence electrons. The number of carboxylic acid groups (broad SMARTS) is 1. The van der Waals surface area contributed by atoms with Crippen molar-refractivity contribution >= 4 is 11.7 Å². The molecule has 0 aliphatic carbocycles. The lowest BCUT2D eigenvalue weighted by Gasteiger charge is -2.18. The summed E-state index contributed by atoms with van der Waals surface area (Å²) in [4.78, 5) is 17.7. The number of benzene rings is 1. The van der Waals surface area contributed by atoms with E-state index < -0.39 is 5.97 Å². The molecule has 0 atom stereocenters. The molecular formula is C15H17N3O2.